The topological polar surface area (TPSA) is 12.0 Å². The summed E-state index contributed by atoms with van der Waals surface area (Å²) in [5.74, 6) is 0.735. The Bertz CT molecular complexity index is 413. The van der Waals surface area contributed by atoms with E-state index in [1.54, 1.807) is 0 Å². The highest BCUT2D eigenvalue weighted by atomic mass is 79.9. The summed E-state index contributed by atoms with van der Waals surface area (Å²) in [5, 5.41) is 4.60. The van der Waals surface area contributed by atoms with Crippen molar-refractivity contribution in [3.63, 3.8) is 0 Å². The molecule has 3 heteroatoms. The van der Waals surface area contributed by atoms with Crippen molar-refractivity contribution < 1.29 is 0 Å². The molecule has 0 aliphatic heterocycles. The Labute approximate surface area is 136 Å². The Morgan fingerprint density at radius 1 is 1.25 bits per heavy atom. The number of hydrogen-bond donors (Lipinski definition) is 1. The highest BCUT2D eigenvalue weighted by molar-refractivity contribution is 9.10. The third-order valence-corrected chi connectivity index (χ3v) is 5.24. The van der Waals surface area contributed by atoms with Crippen molar-refractivity contribution in [3.05, 3.63) is 33.3 Å². The van der Waals surface area contributed by atoms with Crippen molar-refractivity contribution >= 4 is 27.5 Å². The molecule has 0 spiro atoms. The van der Waals surface area contributed by atoms with Crippen LogP contribution < -0.4 is 5.32 Å². The maximum Gasteiger partial charge on any atom is 0.0410 e. The van der Waals surface area contributed by atoms with Crippen LogP contribution in [-0.4, -0.2) is 6.54 Å². The van der Waals surface area contributed by atoms with Crippen molar-refractivity contribution in [2.24, 2.45) is 5.92 Å². The van der Waals surface area contributed by atoms with Gasteiger partial charge in [-0.05, 0) is 55.5 Å². The van der Waals surface area contributed by atoms with Crippen LogP contribution in [0.25, 0.3) is 0 Å². The summed E-state index contributed by atoms with van der Waals surface area (Å²) >= 11 is 9.93. The highest BCUT2D eigenvalue weighted by Crippen LogP contribution is 2.37. The maximum atomic E-state index is 6.22. The van der Waals surface area contributed by atoms with Gasteiger partial charge in [-0.2, -0.15) is 0 Å². The molecule has 1 nitrogen and oxygen atoms in total. The van der Waals surface area contributed by atoms with Crippen molar-refractivity contribution in [1.82, 2.24) is 5.32 Å². The third kappa shape index (κ3) is 4.47. The molecule has 20 heavy (non-hydrogen) atoms. The first-order valence-electron chi connectivity index (χ1n) is 7.90. The van der Waals surface area contributed by atoms with Gasteiger partial charge in [-0.1, -0.05) is 60.1 Å². The molecular formula is C17H25BrClN. The average Bonchev–Trinajstić information content (AvgIpc) is 2.72. The van der Waals surface area contributed by atoms with E-state index in [1.807, 2.05) is 6.07 Å². The normalized spacial score (nSPS) is 18.8. The Hall–Kier alpha value is -0.0500. The van der Waals surface area contributed by atoms with Crippen LogP contribution in [0.1, 0.15) is 63.5 Å². The molecule has 1 aliphatic rings. The molecule has 1 unspecified atom stereocenters. The van der Waals surface area contributed by atoms with E-state index in [-0.39, 0.29) is 0 Å². The van der Waals surface area contributed by atoms with Crippen LogP contribution in [0.4, 0.5) is 0 Å². The lowest BCUT2D eigenvalue weighted by Crippen LogP contribution is -2.29. The summed E-state index contributed by atoms with van der Waals surface area (Å²) in [6.07, 6.45) is 9.36. The smallest absolute Gasteiger partial charge is 0.0410 e. The molecule has 1 aromatic rings. The van der Waals surface area contributed by atoms with Gasteiger partial charge in [-0.3, -0.25) is 0 Å². The average molecular weight is 359 g/mol. The Balaban J connectivity index is 2.22. The van der Waals surface area contributed by atoms with Crippen LogP contribution in [0.3, 0.4) is 0 Å². The van der Waals surface area contributed by atoms with Gasteiger partial charge in [-0.25, -0.2) is 0 Å². The molecule has 112 valence electrons. The van der Waals surface area contributed by atoms with Gasteiger partial charge >= 0.3 is 0 Å². The van der Waals surface area contributed by atoms with E-state index in [9.17, 15) is 0 Å². The number of rotatable bonds is 5. The minimum Gasteiger partial charge on any atom is -0.310 e. The van der Waals surface area contributed by atoms with Crippen LogP contribution >= 0.6 is 27.5 Å². The molecule has 1 saturated carbocycles. The fourth-order valence-electron chi connectivity index (χ4n) is 3.23. The van der Waals surface area contributed by atoms with E-state index in [4.69, 9.17) is 11.6 Å². The SMILES string of the molecule is CCCNC(c1cc(Cl)ccc1Br)C1CCCCCC1. The van der Waals surface area contributed by atoms with Gasteiger partial charge in [0.05, 0.1) is 0 Å². The zero-order valence-electron chi connectivity index (χ0n) is 12.3. The van der Waals surface area contributed by atoms with E-state index < -0.39 is 0 Å². The fourth-order valence-corrected chi connectivity index (χ4v) is 3.90. The van der Waals surface area contributed by atoms with Crippen LogP contribution in [0.15, 0.2) is 22.7 Å². The molecule has 2 rings (SSSR count). The van der Waals surface area contributed by atoms with Crippen molar-refractivity contribution in [2.45, 2.75) is 57.9 Å². The molecule has 0 amide bonds. The minimum absolute atomic E-state index is 0.432. The lowest BCUT2D eigenvalue weighted by molar-refractivity contribution is 0.325. The second kappa shape index (κ2) is 8.41. The molecule has 1 atom stereocenters. The molecule has 0 radical (unpaired) electrons. The quantitative estimate of drug-likeness (QED) is 0.626. The second-order valence-corrected chi connectivity index (χ2v) is 7.14. The third-order valence-electron chi connectivity index (χ3n) is 4.28. The van der Waals surface area contributed by atoms with E-state index >= 15 is 0 Å². The second-order valence-electron chi connectivity index (χ2n) is 5.85. The lowest BCUT2D eigenvalue weighted by atomic mass is 9.87. The molecular weight excluding hydrogens is 334 g/mol. The first-order valence-corrected chi connectivity index (χ1v) is 9.07. The largest absolute Gasteiger partial charge is 0.310 e. The number of nitrogens with one attached hydrogen (secondary N) is 1. The van der Waals surface area contributed by atoms with Crippen LogP contribution in [0.2, 0.25) is 5.02 Å². The highest BCUT2D eigenvalue weighted by Gasteiger charge is 2.25. The summed E-state index contributed by atoms with van der Waals surface area (Å²) in [6, 6.07) is 6.60. The van der Waals surface area contributed by atoms with Gasteiger partial charge in [0.1, 0.15) is 0 Å². The van der Waals surface area contributed by atoms with Gasteiger partial charge in [0, 0.05) is 15.5 Å². The van der Waals surface area contributed by atoms with E-state index in [2.05, 4.69) is 40.3 Å². The summed E-state index contributed by atoms with van der Waals surface area (Å²) in [4.78, 5) is 0. The summed E-state index contributed by atoms with van der Waals surface area (Å²) in [6.45, 7) is 3.30. The van der Waals surface area contributed by atoms with Crippen LogP contribution in [0, 0.1) is 5.92 Å². The molecule has 1 aromatic carbocycles. The summed E-state index contributed by atoms with van der Waals surface area (Å²) < 4.78 is 1.18. The van der Waals surface area contributed by atoms with Crippen LogP contribution in [-0.2, 0) is 0 Å². The molecule has 1 N–H and O–H groups in total. The number of hydrogen-bond acceptors (Lipinski definition) is 1. The van der Waals surface area contributed by atoms with E-state index in [0.29, 0.717) is 6.04 Å². The van der Waals surface area contributed by atoms with Crippen molar-refractivity contribution in [1.29, 1.82) is 0 Å². The molecule has 0 saturated heterocycles. The Morgan fingerprint density at radius 3 is 2.60 bits per heavy atom. The number of halogens is 2. The van der Waals surface area contributed by atoms with Gasteiger partial charge in [0.2, 0.25) is 0 Å². The lowest BCUT2D eigenvalue weighted by Gasteiger charge is -2.29. The summed E-state index contributed by atoms with van der Waals surface area (Å²) in [7, 11) is 0. The zero-order valence-corrected chi connectivity index (χ0v) is 14.6. The first-order chi connectivity index (χ1) is 9.72. The van der Waals surface area contributed by atoms with Crippen molar-refractivity contribution in [3.8, 4) is 0 Å². The predicted molar refractivity (Wildman–Crippen MR) is 91.4 cm³/mol. The monoisotopic (exact) mass is 357 g/mol. The van der Waals surface area contributed by atoms with E-state index in [0.717, 1.165) is 17.5 Å². The molecule has 1 fully saturated rings. The Morgan fingerprint density at radius 2 is 1.95 bits per heavy atom. The molecule has 0 bridgehead atoms. The zero-order chi connectivity index (χ0) is 14.4. The number of benzene rings is 1. The van der Waals surface area contributed by atoms with Gasteiger partial charge < -0.3 is 5.32 Å². The first kappa shape index (κ1) is 16.3. The molecule has 1 aliphatic carbocycles. The van der Waals surface area contributed by atoms with Gasteiger partial charge in [0.15, 0.2) is 0 Å². The van der Waals surface area contributed by atoms with Crippen LogP contribution in [0.5, 0.6) is 0 Å². The summed E-state index contributed by atoms with van der Waals surface area (Å²) in [5.41, 5.74) is 1.33. The van der Waals surface area contributed by atoms with Gasteiger partial charge in [0.25, 0.3) is 0 Å². The minimum atomic E-state index is 0.432. The van der Waals surface area contributed by atoms with Crippen molar-refractivity contribution in [2.75, 3.05) is 6.54 Å². The molecule has 0 heterocycles. The predicted octanol–water partition coefficient (Wildman–Crippen LogP) is 6.11. The maximum absolute atomic E-state index is 6.22. The molecule has 0 aromatic heterocycles. The fraction of sp³-hybridized carbons (Fsp3) is 0.647. The van der Waals surface area contributed by atoms with E-state index in [1.165, 1.54) is 55.0 Å². The Kier molecular flexibility index (Phi) is 6.86. The standard InChI is InChI=1S/C17H25BrClN/c1-2-11-20-17(13-7-5-3-4-6-8-13)15-12-14(19)9-10-16(15)18/h9-10,12-13,17,20H,2-8,11H2,1H3. The van der Waals surface area contributed by atoms with Gasteiger partial charge in [-0.15, -0.1) is 0 Å².